The third-order valence-electron chi connectivity index (χ3n) is 2.32. The average Bonchev–Trinajstić information content (AvgIpc) is 2.15. The van der Waals surface area contributed by atoms with Crippen LogP contribution < -0.4 is 11.1 Å². The first-order valence-electron chi connectivity index (χ1n) is 4.62. The summed E-state index contributed by atoms with van der Waals surface area (Å²) in [5, 5.41) is 2.74. The third-order valence-corrected chi connectivity index (χ3v) is 2.32. The van der Waals surface area contributed by atoms with Gasteiger partial charge in [0.1, 0.15) is 6.61 Å². The monoisotopic (exact) mass is 188 g/mol. The summed E-state index contributed by atoms with van der Waals surface area (Å²) >= 11 is 0. The molecular weight excluding hydrogens is 168 g/mol. The zero-order chi connectivity index (χ0) is 10.3. The van der Waals surface area contributed by atoms with Gasteiger partial charge in [-0.05, 0) is 12.8 Å². The highest BCUT2D eigenvalue weighted by Crippen LogP contribution is 2.08. The molecule has 0 saturated carbocycles. The molecule has 0 saturated heterocycles. The molecule has 13 heavy (non-hydrogen) atoms. The fourth-order valence-corrected chi connectivity index (χ4v) is 0.957. The lowest BCUT2D eigenvalue weighted by Crippen LogP contribution is -2.49. The van der Waals surface area contributed by atoms with Crippen LogP contribution in [0.15, 0.2) is 0 Å². The van der Waals surface area contributed by atoms with E-state index in [1.54, 1.807) is 0 Å². The lowest BCUT2D eigenvalue weighted by molar-refractivity contribution is -0.125. The zero-order valence-electron chi connectivity index (χ0n) is 8.72. The van der Waals surface area contributed by atoms with Crippen molar-refractivity contribution in [3.63, 3.8) is 0 Å². The van der Waals surface area contributed by atoms with Crippen LogP contribution in [-0.4, -0.2) is 31.7 Å². The molecule has 0 bridgehead atoms. The van der Waals surface area contributed by atoms with Crippen molar-refractivity contribution in [2.24, 2.45) is 5.73 Å². The van der Waals surface area contributed by atoms with Crippen LogP contribution in [0.5, 0.6) is 0 Å². The highest BCUT2D eigenvalue weighted by Gasteiger charge is 2.20. The summed E-state index contributed by atoms with van der Waals surface area (Å²) in [5.41, 5.74) is 5.71. The molecule has 0 atom stereocenters. The van der Waals surface area contributed by atoms with Gasteiger partial charge in [0.25, 0.3) is 0 Å². The van der Waals surface area contributed by atoms with Gasteiger partial charge in [-0.15, -0.1) is 0 Å². The van der Waals surface area contributed by atoms with Crippen molar-refractivity contribution in [2.75, 3.05) is 20.3 Å². The van der Waals surface area contributed by atoms with Gasteiger partial charge in [0.05, 0.1) is 0 Å². The standard InChI is InChI=1S/C9H20N2O2/c1-4-9(10,5-2)7-11-8(12)6-13-3/h4-7,10H2,1-3H3,(H,11,12). The Morgan fingerprint density at radius 3 is 2.38 bits per heavy atom. The molecule has 0 fully saturated rings. The highest BCUT2D eigenvalue weighted by molar-refractivity contribution is 5.77. The Morgan fingerprint density at radius 1 is 1.46 bits per heavy atom. The first-order chi connectivity index (χ1) is 6.08. The van der Waals surface area contributed by atoms with Crippen LogP contribution >= 0.6 is 0 Å². The molecule has 0 radical (unpaired) electrons. The summed E-state index contributed by atoms with van der Waals surface area (Å²) in [4.78, 5) is 11.0. The van der Waals surface area contributed by atoms with Crippen LogP contribution in [0, 0.1) is 0 Å². The van der Waals surface area contributed by atoms with E-state index in [0.717, 1.165) is 12.8 Å². The molecule has 0 heterocycles. The minimum absolute atomic E-state index is 0.101. The first kappa shape index (κ1) is 12.4. The van der Waals surface area contributed by atoms with Crippen LogP contribution in [-0.2, 0) is 9.53 Å². The molecule has 4 heteroatoms. The first-order valence-corrected chi connectivity index (χ1v) is 4.62. The second-order valence-electron chi connectivity index (χ2n) is 3.28. The summed E-state index contributed by atoms with van der Waals surface area (Å²) < 4.78 is 4.68. The molecule has 0 aliphatic heterocycles. The maximum atomic E-state index is 11.0. The maximum absolute atomic E-state index is 11.0. The minimum atomic E-state index is -0.274. The number of nitrogens with one attached hydrogen (secondary N) is 1. The summed E-state index contributed by atoms with van der Waals surface area (Å²) in [5.74, 6) is -0.112. The van der Waals surface area contributed by atoms with Gasteiger partial charge in [0, 0.05) is 19.2 Å². The molecule has 78 valence electrons. The van der Waals surface area contributed by atoms with Gasteiger partial charge in [-0.2, -0.15) is 0 Å². The summed E-state index contributed by atoms with van der Waals surface area (Å²) in [6.45, 7) is 4.66. The van der Waals surface area contributed by atoms with Gasteiger partial charge in [-0.3, -0.25) is 4.79 Å². The molecule has 0 aromatic carbocycles. The average molecular weight is 188 g/mol. The van der Waals surface area contributed by atoms with Crippen LogP contribution in [0.4, 0.5) is 0 Å². The van der Waals surface area contributed by atoms with E-state index in [9.17, 15) is 4.79 Å². The Labute approximate surface area is 79.8 Å². The van der Waals surface area contributed by atoms with Crippen LogP contribution in [0.2, 0.25) is 0 Å². The van der Waals surface area contributed by atoms with E-state index in [1.807, 2.05) is 13.8 Å². The number of amides is 1. The van der Waals surface area contributed by atoms with E-state index < -0.39 is 0 Å². The molecule has 0 unspecified atom stereocenters. The van der Waals surface area contributed by atoms with Crippen molar-refractivity contribution in [3.05, 3.63) is 0 Å². The number of rotatable bonds is 6. The van der Waals surface area contributed by atoms with E-state index in [1.165, 1.54) is 7.11 Å². The normalized spacial score (nSPS) is 11.4. The number of hydrogen-bond acceptors (Lipinski definition) is 3. The molecular formula is C9H20N2O2. The fourth-order valence-electron chi connectivity index (χ4n) is 0.957. The lowest BCUT2D eigenvalue weighted by Gasteiger charge is -2.26. The Bertz CT molecular complexity index is 156. The second kappa shape index (κ2) is 5.94. The van der Waals surface area contributed by atoms with E-state index >= 15 is 0 Å². The molecule has 0 rings (SSSR count). The van der Waals surface area contributed by atoms with Gasteiger partial charge in [0.15, 0.2) is 0 Å². The molecule has 0 aromatic rings. The van der Waals surface area contributed by atoms with E-state index in [2.05, 4.69) is 10.1 Å². The third kappa shape index (κ3) is 4.85. The van der Waals surface area contributed by atoms with Crippen molar-refractivity contribution in [1.82, 2.24) is 5.32 Å². The second-order valence-corrected chi connectivity index (χ2v) is 3.28. The molecule has 0 aliphatic carbocycles. The van der Waals surface area contributed by atoms with Crippen molar-refractivity contribution in [1.29, 1.82) is 0 Å². The largest absolute Gasteiger partial charge is 0.375 e. The van der Waals surface area contributed by atoms with E-state index in [4.69, 9.17) is 5.73 Å². The van der Waals surface area contributed by atoms with Crippen molar-refractivity contribution >= 4 is 5.91 Å². The maximum Gasteiger partial charge on any atom is 0.246 e. The number of ether oxygens (including phenoxy) is 1. The summed E-state index contributed by atoms with van der Waals surface area (Å²) in [7, 11) is 1.49. The Hall–Kier alpha value is -0.610. The molecule has 1 amide bonds. The fraction of sp³-hybridized carbons (Fsp3) is 0.889. The minimum Gasteiger partial charge on any atom is -0.375 e. The molecule has 4 nitrogen and oxygen atoms in total. The van der Waals surface area contributed by atoms with Gasteiger partial charge in [0.2, 0.25) is 5.91 Å². The van der Waals surface area contributed by atoms with Crippen molar-refractivity contribution in [3.8, 4) is 0 Å². The van der Waals surface area contributed by atoms with Crippen molar-refractivity contribution < 1.29 is 9.53 Å². The Morgan fingerprint density at radius 2 is 2.00 bits per heavy atom. The molecule has 0 aliphatic rings. The number of hydrogen-bond donors (Lipinski definition) is 2. The molecule has 0 spiro atoms. The SMILES string of the molecule is CCC(N)(CC)CNC(=O)COC. The highest BCUT2D eigenvalue weighted by atomic mass is 16.5. The summed E-state index contributed by atoms with van der Waals surface area (Å²) in [6, 6.07) is 0. The number of carbonyl (C=O) groups excluding carboxylic acids is 1. The van der Waals surface area contributed by atoms with Gasteiger partial charge < -0.3 is 15.8 Å². The van der Waals surface area contributed by atoms with E-state index in [-0.39, 0.29) is 18.1 Å². The van der Waals surface area contributed by atoms with Gasteiger partial charge in [-0.1, -0.05) is 13.8 Å². The molecule has 0 aromatic heterocycles. The Balaban J connectivity index is 3.78. The smallest absolute Gasteiger partial charge is 0.246 e. The van der Waals surface area contributed by atoms with Crippen molar-refractivity contribution in [2.45, 2.75) is 32.2 Å². The van der Waals surface area contributed by atoms with Crippen LogP contribution in [0.25, 0.3) is 0 Å². The number of methoxy groups -OCH3 is 1. The summed E-state index contributed by atoms with van der Waals surface area (Å²) in [6.07, 6.45) is 1.72. The van der Waals surface area contributed by atoms with Gasteiger partial charge in [-0.25, -0.2) is 0 Å². The lowest BCUT2D eigenvalue weighted by atomic mass is 9.94. The topological polar surface area (TPSA) is 64.3 Å². The predicted molar refractivity (Wildman–Crippen MR) is 52.4 cm³/mol. The zero-order valence-corrected chi connectivity index (χ0v) is 8.72. The van der Waals surface area contributed by atoms with Crippen LogP contribution in [0.1, 0.15) is 26.7 Å². The quantitative estimate of drug-likeness (QED) is 0.628. The molecule has 3 N–H and O–H groups in total. The van der Waals surface area contributed by atoms with Crippen LogP contribution in [0.3, 0.4) is 0 Å². The number of nitrogens with two attached hydrogens (primary N) is 1. The van der Waals surface area contributed by atoms with E-state index in [0.29, 0.717) is 6.54 Å². The van der Waals surface area contributed by atoms with Gasteiger partial charge >= 0.3 is 0 Å². The predicted octanol–water partition coefficient (Wildman–Crippen LogP) is 0.267. The number of carbonyl (C=O) groups is 1. The Kier molecular flexibility index (Phi) is 5.66.